The van der Waals surface area contributed by atoms with Gasteiger partial charge in [0.25, 0.3) is 11.8 Å². The molecule has 0 atom stereocenters. The Balaban J connectivity index is 1.42. The van der Waals surface area contributed by atoms with Gasteiger partial charge in [0.1, 0.15) is 0 Å². The molecule has 2 aromatic carbocycles. The van der Waals surface area contributed by atoms with E-state index in [1.807, 2.05) is 36.4 Å². The molecule has 30 heavy (non-hydrogen) atoms. The van der Waals surface area contributed by atoms with Gasteiger partial charge in [-0.25, -0.2) is 0 Å². The monoisotopic (exact) mass is 423 g/mol. The van der Waals surface area contributed by atoms with Crippen molar-refractivity contribution in [1.29, 1.82) is 0 Å². The van der Waals surface area contributed by atoms with Crippen molar-refractivity contribution < 1.29 is 9.59 Å². The molecule has 3 N–H and O–H groups in total. The molecule has 0 aromatic heterocycles. The first-order valence-electron chi connectivity index (χ1n) is 10.8. The molecule has 1 aliphatic carbocycles. The Labute approximate surface area is 182 Å². The van der Waals surface area contributed by atoms with E-state index in [1.54, 1.807) is 18.8 Å². The highest BCUT2D eigenvalue weighted by molar-refractivity contribution is 7.99. The minimum atomic E-state index is -0.0870. The molecular weight excluding hydrogens is 394 g/mol. The van der Waals surface area contributed by atoms with E-state index in [0.29, 0.717) is 17.7 Å². The summed E-state index contributed by atoms with van der Waals surface area (Å²) < 4.78 is 0. The number of hydrogen-bond acceptors (Lipinski definition) is 4. The lowest BCUT2D eigenvalue weighted by Crippen LogP contribution is -2.26. The van der Waals surface area contributed by atoms with E-state index in [9.17, 15) is 9.59 Å². The molecule has 0 saturated heterocycles. The first kappa shape index (κ1) is 20.8. The maximum Gasteiger partial charge on any atom is 0.251 e. The lowest BCUT2D eigenvalue weighted by atomic mass is 9.87. The Morgan fingerprint density at radius 2 is 1.77 bits per heavy atom. The third-order valence-corrected chi connectivity index (χ3v) is 7.23. The summed E-state index contributed by atoms with van der Waals surface area (Å²) in [5.41, 5.74) is 3.43. The zero-order valence-electron chi connectivity index (χ0n) is 17.4. The standard InChI is InChI=1S/C24H29N3O2S/c1-25-23(28)18-7-8-19-15-27-20-13-17(9-10-21(20)30-22(19)14-18)24(29)26-12-11-16-5-3-2-4-6-16/h7-10,13-14,16,27H,2-6,11-12,15H2,1H3,(H,25,28)(H,26,29). The molecule has 1 saturated carbocycles. The van der Waals surface area contributed by atoms with Crippen molar-refractivity contribution in [3.63, 3.8) is 0 Å². The second-order valence-corrected chi connectivity index (χ2v) is 9.20. The Kier molecular flexibility index (Phi) is 6.62. The van der Waals surface area contributed by atoms with E-state index in [0.717, 1.165) is 39.9 Å². The molecule has 2 aliphatic rings. The summed E-state index contributed by atoms with van der Waals surface area (Å²) in [6.07, 6.45) is 7.71. The van der Waals surface area contributed by atoms with Gasteiger partial charge in [0, 0.05) is 46.7 Å². The quantitative estimate of drug-likeness (QED) is 0.645. The number of anilines is 1. The van der Waals surface area contributed by atoms with Gasteiger partial charge in [-0.1, -0.05) is 49.9 Å². The summed E-state index contributed by atoms with van der Waals surface area (Å²) in [7, 11) is 1.64. The molecule has 5 nitrogen and oxygen atoms in total. The maximum absolute atomic E-state index is 12.6. The largest absolute Gasteiger partial charge is 0.380 e. The highest BCUT2D eigenvalue weighted by Crippen LogP contribution is 2.39. The fourth-order valence-electron chi connectivity index (χ4n) is 4.26. The summed E-state index contributed by atoms with van der Waals surface area (Å²) in [5.74, 6) is 0.669. The van der Waals surface area contributed by atoms with Crippen molar-refractivity contribution in [2.24, 2.45) is 5.92 Å². The smallest absolute Gasteiger partial charge is 0.251 e. The van der Waals surface area contributed by atoms with Crippen molar-refractivity contribution in [1.82, 2.24) is 10.6 Å². The molecule has 2 amide bonds. The summed E-state index contributed by atoms with van der Waals surface area (Å²) in [6, 6.07) is 11.6. The molecule has 1 heterocycles. The normalized spacial score (nSPS) is 15.9. The van der Waals surface area contributed by atoms with Crippen LogP contribution in [0, 0.1) is 5.92 Å². The Morgan fingerprint density at radius 3 is 2.57 bits per heavy atom. The summed E-state index contributed by atoms with van der Waals surface area (Å²) in [6.45, 7) is 1.41. The van der Waals surface area contributed by atoms with Gasteiger partial charge in [0.05, 0.1) is 0 Å². The molecule has 2 aromatic rings. The summed E-state index contributed by atoms with van der Waals surface area (Å²) in [4.78, 5) is 26.7. The van der Waals surface area contributed by atoms with E-state index in [2.05, 4.69) is 16.0 Å². The van der Waals surface area contributed by atoms with Crippen LogP contribution in [0.5, 0.6) is 0 Å². The van der Waals surface area contributed by atoms with E-state index >= 15 is 0 Å². The van der Waals surface area contributed by atoms with Crippen molar-refractivity contribution in [2.45, 2.75) is 54.9 Å². The van der Waals surface area contributed by atoms with E-state index < -0.39 is 0 Å². The molecule has 1 aliphatic heterocycles. The summed E-state index contributed by atoms with van der Waals surface area (Å²) >= 11 is 1.63. The van der Waals surface area contributed by atoms with Crippen LogP contribution in [0.3, 0.4) is 0 Å². The van der Waals surface area contributed by atoms with Gasteiger partial charge in [0.2, 0.25) is 0 Å². The fraction of sp³-hybridized carbons (Fsp3) is 0.417. The molecule has 0 unspecified atom stereocenters. The average Bonchev–Trinajstić information content (AvgIpc) is 2.97. The molecule has 0 spiro atoms. The first-order valence-corrected chi connectivity index (χ1v) is 11.6. The highest BCUT2D eigenvalue weighted by Gasteiger charge is 2.18. The van der Waals surface area contributed by atoms with Crippen LogP contribution in [0.4, 0.5) is 5.69 Å². The van der Waals surface area contributed by atoms with Crippen molar-refractivity contribution in [3.8, 4) is 0 Å². The molecule has 6 heteroatoms. The number of benzene rings is 2. The van der Waals surface area contributed by atoms with Gasteiger partial charge >= 0.3 is 0 Å². The number of rotatable bonds is 5. The second kappa shape index (κ2) is 9.56. The number of hydrogen-bond donors (Lipinski definition) is 3. The van der Waals surface area contributed by atoms with Gasteiger partial charge in [-0.2, -0.15) is 0 Å². The van der Waals surface area contributed by atoms with Crippen LogP contribution in [0.2, 0.25) is 0 Å². The SMILES string of the molecule is CNC(=O)c1ccc2c(c1)Sc1ccc(C(=O)NCCC3CCCCC3)cc1NC2. The van der Waals surface area contributed by atoms with E-state index in [4.69, 9.17) is 0 Å². The van der Waals surface area contributed by atoms with Crippen LogP contribution >= 0.6 is 11.8 Å². The van der Waals surface area contributed by atoms with Crippen molar-refractivity contribution in [3.05, 3.63) is 53.1 Å². The lowest BCUT2D eigenvalue weighted by molar-refractivity contribution is 0.0946. The predicted molar refractivity (Wildman–Crippen MR) is 121 cm³/mol. The molecule has 1 fully saturated rings. The van der Waals surface area contributed by atoms with E-state index in [-0.39, 0.29) is 11.8 Å². The number of carbonyl (C=O) groups is 2. The minimum absolute atomic E-state index is 0.0101. The van der Waals surface area contributed by atoms with Gasteiger partial charge in [-0.3, -0.25) is 9.59 Å². The summed E-state index contributed by atoms with van der Waals surface area (Å²) in [5, 5.41) is 9.21. The number of nitrogens with one attached hydrogen (secondary N) is 3. The Morgan fingerprint density at radius 1 is 1.00 bits per heavy atom. The van der Waals surface area contributed by atoms with Crippen LogP contribution < -0.4 is 16.0 Å². The predicted octanol–water partition coefficient (Wildman–Crippen LogP) is 4.82. The molecular formula is C24H29N3O2S. The third kappa shape index (κ3) is 4.81. The number of fused-ring (bicyclic) bond motifs is 2. The lowest BCUT2D eigenvalue weighted by Gasteiger charge is -2.21. The average molecular weight is 424 g/mol. The number of carbonyl (C=O) groups excluding carboxylic acids is 2. The van der Waals surface area contributed by atoms with Crippen LogP contribution in [0.15, 0.2) is 46.2 Å². The van der Waals surface area contributed by atoms with Crippen LogP contribution in [-0.2, 0) is 6.54 Å². The van der Waals surface area contributed by atoms with Gasteiger partial charge in [-0.15, -0.1) is 0 Å². The van der Waals surface area contributed by atoms with Crippen molar-refractivity contribution >= 4 is 29.3 Å². The van der Waals surface area contributed by atoms with Crippen LogP contribution in [0.25, 0.3) is 0 Å². The molecule has 0 radical (unpaired) electrons. The second-order valence-electron chi connectivity index (χ2n) is 8.12. The number of amides is 2. The molecule has 4 rings (SSSR count). The minimum Gasteiger partial charge on any atom is -0.380 e. The third-order valence-electron chi connectivity index (χ3n) is 6.05. The Bertz CT molecular complexity index is 938. The van der Waals surface area contributed by atoms with Gasteiger partial charge in [0.15, 0.2) is 0 Å². The molecule has 158 valence electrons. The highest BCUT2D eigenvalue weighted by atomic mass is 32.2. The topological polar surface area (TPSA) is 70.2 Å². The van der Waals surface area contributed by atoms with Crippen molar-refractivity contribution in [2.75, 3.05) is 18.9 Å². The first-order chi connectivity index (χ1) is 14.6. The van der Waals surface area contributed by atoms with Gasteiger partial charge < -0.3 is 16.0 Å². The fourth-order valence-corrected chi connectivity index (χ4v) is 5.33. The Hall–Kier alpha value is -2.47. The molecule has 0 bridgehead atoms. The van der Waals surface area contributed by atoms with Crippen LogP contribution in [-0.4, -0.2) is 25.4 Å². The zero-order valence-corrected chi connectivity index (χ0v) is 18.2. The van der Waals surface area contributed by atoms with Crippen LogP contribution in [0.1, 0.15) is 64.8 Å². The van der Waals surface area contributed by atoms with Gasteiger partial charge in [-0.05, 0) is 48.2 Å². The van der Waals surface area contributed by atoms with E-state index in [1.165, 1.54) is 32.1 Å². The zero-order chi connectivity index (χ0) is 20.9. The maximum atomic E-state index is 12.6.